The lowest BCUT2D eigenvalue weighted by molar-refractivity contribution is -0.140. The number of rotatable bonds is 6. The number of carbonyl (C=O) groups excluding carboxylic acids is 1. The van der Waals surface area contributed by atoms with Crippen LogP contribution in [-0.2, 0) is 9.53 Å². The van der Waals surface area contributed by atoms with E-state index in [-0.39, 0.29) is 12.0 Å². The zero-order valence-electron chi connectivity index (χ0n) is 8.88. The SMILES string of the molecule is CCCC(C)C(N)CCC(=O)OC. The highest BCUT2D eigenvalue weighted by molar-refractivity contribution is 5.69. The minimum absolute atomic E-state index is 0.124. The van der Waals surface area contributed by atoms with Crippen LogP contribution < -0.4 is 5.73 Å². The first kappa shape index (κ1) is 12.4. The Kier molecular flexibility index (Phi) is 6.59. The van der Waals surface area contributed by atoms with Gasteiger partial charge in [0.05, 0.1) is 7.11 Å². The first-order valence-electron chi connectivity index (χ1n) is 4.94. The zero-order chi connectivity index (χ0) is 10.3. The third kappa shape index (κ3) is 5.64. The van der Waals surface area contributed by atoms with Crippen LogP contribution in [0.3, 0.4) is 0 Å². The molecule has 0 aromatic carbocycles. The monoisotopic (exact) mass is 187 g/mol. The topological polar surface area (TPSA) is 52.3 Å². The fourth-order valence-corrected chi connectivity index (χ4v) is 1.34. The molecule has 0 heterocycles. The van der Waals surface area contributed by atoms with Crippen LogP contribution in [0.1, 0.15) is 39.5 Å². The van der Waals surface area contributed by atoms with Gasteiger partial charge >= 0.3 is 5.97 Å². The highest BCUT2D eigenvalue weighted by atomic mass is 16.5. The van der Waals surface area contributed by atoms with E-state index in [1.165, 1.54) is 7.11 Å². The Morgan fingerprint density at radius 1 is 1.46 bits per heavy atom. The van der Waals surface area contributed by atoms with Crippen molar-refractivity contribution >= 4 is 5.97 Å². The van der Waals surface area contributed by atoms with Gasteiger partial charge in [-0.1, -0.05) is 20.3 Å². The molecule has 0 aliphatic carbocycles. The van der Waals surface area contributed by atoms with Crippen LogP contribution in [0.25, 0.3) is 0 Å². The van der Waals surface area contributed by atoms with Crippen molar-refractivity contribution in [2.75, 3.05) is 7.11 Å². The molecule has 2 atom stereocenters. The number of hydrogen-bond acceptors (Lipinski definition) is 3. The molecule has 0 aliphatic rings. The fourth-order valence-electron chi connectivity index (χ4n) is 1.34. The van der Waals surface area contributed by atoms with E-state index in [0.29, 0.717) is 12.3 Å². The molecule has 3 heteroatoms. The van der Waals surface area contributed by atoms with E-state index in [9.17, 15) is 4.79 Å². The number of methoxy groups -OCH3 is 1. The van der Waals surface area contributed by atoms with Gasteiger partial charge in [-0.25, -0.2) is 0 Å². The second kappa shape index (κ2) is 6.89. The van der Waals surface area contributed by atoms with E-state index in [1.54, 1.807) is 0 Å². The third-order valence-corrected chi connectivity index (χ3v) is 2.38. The van der Waals surface area contributed by atoms with Crippen LogP contribution in [-0.4, -0.2) is 19.1 Å². The molecule has 0 fully saturated rings. The highest BCUT2D eigenvalue weighted by Gasteiger charge is 2.13. The Balaban J connectivity index is 3.60. The Bertz CT molecular complexity index is 148. The summed E-state index contributed by atoms with van der Waals surface area (Å²) in [4.78, 5) is 10.8. The number of hydrogen-bond donors (Lipinski definition) is 1. The van der Waals surface area contributed by atoms with Crippen LogP contribution in [0.2, 0.25) is 0 Å². The number of ether oxygens (including phenoxy) is 1. The molecular weight excluding hydrogens is 166 g/mol. The van der Waals surface area contributed by atoms with Crippen LogP contribution in [0.4, 0.5) is 0 Å². The van der Waals surface area contributed by atoms with E-state index in [0.717, 1.165) is 19.3 Å². The second-order valence-electron chi connectivity index (χ2n) is 3.54. The van der Waals surface area contributed by atoms with Gasteiger partial charge in [0.25, 0.3) is 0 Å². The summed E-state index contributed by atoms with van der Waals surface area (Å²) in [6, 6.07) is 0.124. The van der Waals surface area contributed by atoms with E-state index < -0.39 is 0 Å². The minimum Gasteiger partial charge on any atom is -0.469 e. The van der Waals surface area contributed by atoms with Gasteiger partial charge in [0.15, 0.2) is 0 Å². The standard InChI is InChI=1S/C10H21NO2/c1-4-5-8(2)9(11)6-7-10(12)13-3/h8-9H,4-7,11H2,1-3H3. The van der Waals surface area contributed by atoms with Crippen molar-refractivity contribution in [1.29, 1.82) is 0 Å². The lowest BCUT2D eigenvalue weighted by Gasteiger charge is -2.18. The molecule has 0 rings (SSSR count). The van der Waals surface area contributed by atoms with Crippen LogP contribution >= 0.6 is 0 Å². The van der Waals surface area contributed by atoms with E-state index >= 15 is 0 Å². The summed E-state index contributed by atoms with van der Waals surface area (Å²) in [5.74, 6) is 0.328. The number of carbonyl (C=O) groups is 1. The number of esters is 1. The molecule has 0 bridgehead atoms. The maximum Gasteiger partial charge on any atom is 0.305 e. The van der Waals surface area contributed by atoms with Crippen molar-refractivity contribution in [2.24, 2.45) is 11.7 Å². The van der Waals surface area contributed by atoms with Crippen molar-refractivity contribution in [3.8, 4) is 0 Å². The van der Waals surface area contributed by atoms with E-state index in [2.05, 4.69) is 18.6 Å². The molecule has 0 spiro atoms. The molecule has 3 nitrogen and oxygen atoms in total. The van der Waals surface area contributed by atoms with Gasteiger partial charge in [0, 0.05) is 12.5 Å². The lowest BCUT2D eigenvalue weighted by Crippen LogP contribution is -2.28. The Hall–Kier alpha value is -0.570. The van der Waals surface area contributed by atoms with Crippen LogP contribution in [0.5, 0.6) is 0 Å². The summed E-state index contributed by atoms with van der Waals surface area (Å²) in [5, 5.41) is 0. The van der Waals surface area contributed by atoms with Gasteiger partial charge in [-0.3, -0.25) is 4.79 Å². The smallest absolute Gasteiger partial charge is 0.305 e. The van der Waals surface area contributed by atoms with Gasteiger partial charge in [-0.2, -0.15) is 0 Å². The van der Waals surface area contributed by atoms with Gasteiger partial charge in [-0.15, -0.1) is 0 Å². The summed E-state index contributed by atoms with van der Waals surface area (Å²) in [7, 11) is 1.41. The molecule has 13 heavy (non-hydrogen) atoms. The largest absolute Gasteiger partial charge is 0.469 e. The van der Waals surface area contributed by atoms with Crippen molar-refractivity contribution in [1.82, 2.24) is 0 Å². The van der Waals surface area contributed by atoms with Crippen molar-refractivity contribution < 1.29 is 9.53 Å². The predicted molar refractivity (Wildman–Crippen MR) is 53.3 cm³/mol. The van der Waals surface area contributed by atoms with Crippen molar-refractivity contribution in [3.63, 3.8) is 0 Å². The molecule has 0 aromatic heterocycles. The molecule has 0 aromatic rings. The van der Waals surface area contributed by atoms with Crippen molar-refractivity contribution in [2.45, 2.75) is 45.6 Å². The predicted octanol–water partition coefficient (Wildman–Crippen LogP) is 1.70. The maximum absolute atomic E-state index is 10.8. The molecular formula is C10H21NO2. The number of nitrogens with two attached hydrogens (primary N) is 1. The molecule has 2 N–H and O–H groups in total. The van der Waals surface area contributed by atoms with Gasteiger partial charge < -0.3 is 10.5 Å². The summed E-state index contributed by atoms with van der Waals surface area (Å²) in [6.07, 6.45) is 3.44. The summed E-state index contributed by atoms with van der Waals surface area (Å²) >= 11 is 0. The van der Waals surface area contributed by atoms with E-state index in [1.807, 2.05) is 0 Å². The van der Waals surface area contributed by atoms with Crippen LogP contribution in [0, 0.1) is 5.92 Å². The normalized spacial score (nSPS) is 15.1. The minimum atomic E-state index is -0.167. The fraction of sp³-hybridized carbons (Fsp3) is 0.900. The van der Waals surface area contributed by atoms with Gasteiger partial charge in [-0.05, 0) is 18.8 Å². The first-order chi connectivity index (χ1) is 6.11. The first-order valence-corrected chi connectivity index (χ1v) is 4.94. The molecule has 0 radical (unpaired) electrons. The van der Waals surface area contributed by atoms with Crippen LogP contribution in [0.15, 0.2) is 0 Å². The molecule has 0 saturated heterocycles. The average molecular weight is 187 g/mol. The summed E-state index contributed by atoms with van der Waals surface area (Å²) < 4.78 is 4.55. The maximum atomic E-state index is 10.8. The molecule has 0 saturated carbocycles. The quantitative estimate of drug-likeness (QED) is 0.644. The third-order valence-electron chi connectivity index (χ3n) is 2.38. The van der Waals surface area contributed by atoms with Gasteiger partial charge in [0.2, 0.25) is 0 Å². The molecule has 78 valence electrons. The Labute approximate surface area is 80.6 Å². The Morgan fingerprint density at radius 3 is 2.54 bits per heavy atom. The van der Waals surface area contributed by atoms with E-state index in [4.69, 9.17) is 5.73 Å². The average Bonchev–Trinajstić information content (AvgIpc) is 2.13. The molecule has 0 amide bonds. The highest BCUT2D eigenvalue weighted by Crippen LogP contribution is 2.12. The van der Waals surface area contributed by atoms with Crippen molar-refractivity contribution in [3.05, 3.63) is 0 Å². The second-order valence-corrected chi connectivity index (χ2v) is 3.54. The molecule has 2 unspecified atom stereocenters. The van der Waals surface area contributed by atoms with Gasteiger partial charge in [0.1, 0.15) is 0 Å². The lowest BCUT2D eigenvalue weighted by atomic mass is 9.94. The zero-order valence-corrected chi connectivity index (χ0v) is 8.88. The Morgan fingerprint density at radius 2 is 2.08 bits per heavy atom. The summed E-state index contributed by atoms with van der Waals surface area (Å²) in [5.41, 5.74) is 5.90. The molecule has 0 aliphatic heterocycles. The summed E-state index contributed by atoms with van der Waals surface area (Å²) in [6.45, 7) is 4.27.